The number of methoxy groups -OCH3 is 2. The number of nitrogens with zero attached hydrogens (tertiary/aromatic N) is 2. The molecule has 1 heterocycles. The minimum Gasteiger partial charge on any atom is -0.493 e. The molecule has 2 aromatic carbocycles. The molecule has 0 saturated heterocycles. The zero-order chi connectivity index (χ0) is 24.5. The van der Waals surface area contributed by atoms with Crippen LogP contribution >= 0.6 is 0 Å². The second-order valence-electron chi connectivity index (χ2n) is 7.42. The summed E-state index contributed by atoms with van der Waals surface area (Å²) in [6.07, 6.45) is 3.20. The molecular formula is C25H29N5O4. The molecule has 0 radical (unpaired) electrons. The molecule has 178 valence electrons. The molecule has 0 bridgehead atoms. The van der Waals surface area contributed by atoms with E-state index in [9.17, 15) is 4.79 Å². The van der Waals surface area contributed by atoms with Gasteiger partial charge in [-0.2, -0.15) is 0 Å². The van der Waals surface area contributed by atoms with Crippen LogP contribution in [0.15, 0.2) is 54.5 Å². The van der Waals surface area contributed by atoms with Gasteiger partial charge in [-0.25, -0.2) is 9.97 Å². The van der Waals surface area contributed by atoms with E-state index in [0.717, 1.165) is 16.5 Å². The van der Waals surface area contributed by atoms with Crippen molar-refractivity contribution >= 4 is 28.3 Å². The molecule has 0 fully saturated rings. The number of benzene rings is 2. The Morgan fingerprint density at radius 1 is 1.09 bits per heavy atom. The molecule has 0 atom stereocenters. The Morgan fingerprint density at radius 2 is 1.85 bits per heavy atom. The van der Waals surface area contributed by atoms with Crippen molar-refractivity contribution in [2.75, 3.05) is 32.8 Å². The molecule has 3 rings (SSSR count). The molecule has 9 heteroatoms. The molecule has 0 spiro atoms. The molecule has 34 heavy (non-hydrogen) atoms. The number of allylic oxidation sites excluding steroid dienone is 2. The van der Waals surface area contributed by atoms with Crippen LogP contribution in [0.3, 0.4) is 0 Å². The second kappa shape index (κ2) is 11.8. The molecule has 1 aromatic heterocycles. The van der Waals surface area contributed by atoms with Gasteiger partial charge in [0.05, 0.1) is 30.6 Å². The van der Waals surface area contributed by atoms with Crippen LogP contribution in [0.5, 0.6) is 11.5 Å². The lowest BCUT2D eigenvalue weighted by molar-refractivity contribution is 0.0967. The van der Waals surface area contributed by atoms with Crippen molar-refractivity contribution in [1.29, 1.82) is 5.41 Å². The molecule has 9 nitrogen and oxygen atoms in total. The van der Waals surface area contributed by atoms with Gasteiger partial charge in [0.1, 0.15) is 18.8 Å². The molecule has 0 aliphatic rings. The van der Waals surface area contributed by atoms with Crippen LogP contribution in [-0.2, 0) is 11.3 Å². The first-order valence-corrected chi connectivity index (χ1v) is 10.8. The maximum absolute atomic E-state index is 12.4. The standard InChI is InChI=1S/C25H29N5O4/c1-5-20(16(2)26)30-25(31)18-8-6-17(7-9-18)14-27-24-19-12-22(33-4)23(34-11-10-32-3)13-21(19)28-15-29-24/h5-9,12-13,15,26H,10-11,14H2,1-4H3,(H,30,31)(H,27,28,29)/b20-5+,26-16?. The van der Waals surface area contributed by atoms with Gasteiger partial charge in [0, 0.05) is 30.7 Å². The quantitative estimate of drug-likeness (QED) is 0.291. The van der Waals surface area contributed by atoms with E-state index in [-0.39, 0.29) is 5.91 Å². The zero-order valence-corrected chi connectivity index (χ0v) is 19.8. The summed E-state index contributed by atoms with van der Waals surface area (Å²) in [4.78, 5) is 21.1. The van der Waals surface area contributed by atoms with E-state index in [1.165, 1.54) is 6.33 Å². The highest BCUT2D eigenvalue weighted by atomic mass is 16.5. The fourth-order valence-electron chi connectivity index (χ4n) is 3.25. The number of carbonyl (C=O) groups excluding carboxylic acids is 1. The number of anilines is 1. The second-order valence-corrected chi connectivity index (χ2v) is 7.42. The first kappa shape index (κ1) is 24.7. The van der Waals surface area contributed by atoms with Crippen molar-refractivity contribution in [3.63, 3.8) is 0 Å². The Balaban J connectivity index is 1.72. The molecule has 3 aromatic rings. The fraction of sp³-hybridized carbons (Fsp3) is 0.280. The van der Waals surface area contributed by atoms with Gasteiger partial charge in [-0.15, -0.1) is 0 Å². The van der Waals surface area contributed by atoms with Gasteiger partial charge in [0.15, 0.2) is 11.5 Å². The van der Waals surface area contributed by atoms with Crippen molar-refractivity contribution in [3.05, 3.63) is 65.6 Å². The van der Waals surface area contributed by atoms with Crippen LogP contribution in [0, 0.1) is 5.41 Å². The summed E-state index contributed by atoms with van der Waals surface area (Å²) in [5, 5.41) is 14.6. The van der Waals surface area contributed by atoms with Crippen molar-refractivity contribution in [1.82, 2.24) is 15.3 Å². The maximum Gasteiger partial charge on any atom is 0.255 e. The SMILES string of the molecule is C/C=C(/NC(=O)c1ccc(CNc2ncnc3cc(OCCOC)c(OC)cc23)cc1)C(C)=N. The Bertz CT molecular complexity index is 1190. The summed E-state index contributed by atoms with van der Waals surface area (Å²) in [6, 6.07) is 10.9. The van der Waals surface area contributed by atoms with Crippen molar-refractivity contribution in [2.24, 2.45) is 0 Å². The molecule has 0 aliphatic heterocycles. The number of aromatic nitrogens is 2. The van der Waals surface area contributed by atoms with E-state index in [4.69, 9.17) is 19.6 Å². The van der Waals surface area contributed by atoms with E-state index in [1.807, 2.05) is 24.3 Å². The number of hydrogen-bond acceptors (Lipinski definition) is 8. The highest BCUT2D eigenvalue weighted by Crippen LogP contribution is 2.34. The third-order valence-corrected chi connectivity index (χ3v) is 5.08. The predicted octanol–water partition coefficient (Wildman–Crippen LogP) is 3.95. The monoisotopic (exact) mass is 463 g/mol. The van der Waals surface area contributed by atoms with Crippen LogP contribution in [0.1, 0.15) is 29.8 Å². The number of fused-ring (bicyclic) bond motifs is 1. The lowest BCUT2D eigenvalue weighted by Gasteiger charge is -2.14. The highest BCUT2D eigenvalue weighted by molar-refractivity contribution is 6.03. The Labute approximate surface area is 198 Å². The number of nitrogens with one attached hydrogen (secondary N) is 3. The lowest BCUT2D eigenvalue weighted by atomic mass is 10.1. The molecule has 0 saturated carbocycles. The summed E-state index contributed by atoms with van der Waals surface area (Å²) in [6.45, 7) is 4.79. The van der Waals surface area contributed by atoms with Crippen LogP contribution in [0.2, 0.25) is 0 Å². The van der Waals surface area contributed by atoms with Crippen LogP contribution < -0.4 is 20.1 Å². The maximum atomic E-state index is 12.4. The molecule has 3 N–H and O–H groups in total. The van der Waals surface area contributed by atoms with Crippen LogP contribution in [0.4, 0.5) is 5.82 Å². The minimum absolute atomic E-state index is 0.253. The van der Waals surface area contributed by atoms with E-state index in [0.29, 0.717) is 54.0 Å². The van der Waals surface area contributed by atoms with Crippen LogP contribution in [-0.4, -0.2) is 49.0 Å². The number of carbonyl (C=O) groups is 1. The smallest absolute Gasteiger partial charge is 0.255 e. The number of rotatable bonds is 11. The average molecular weight is 464 g/mol. The number of hydrogen-bond donors (Lipinski definition) is 3. The van der Waals surface area contributed by atoms with Gasteiger partial charge in [-0.05, 0) is 37.6 Å². The summed E-state index contributed by atoms with van der Waals surface area (Å²) in [5.74, 6) is 1.58. The molecular weight excluding hydrogens is 434 g/mol. The van der Waals surface area contributed by atoms with Gasteiger partial charge in [0.25, 0.3) is 5.91 Å². The van der Waals surface area contributed by atoms with E-state index >= 15 is 0 Å². The average Bonchev–Trinajstić information content (AvgIpc) is 2.85. The summed E-state index contributed by atoms with van der Waals surface area (Å²) < 4.78 is 16.3. The summed E-state index contributed by atoms with van der Waals surface area (Å²) >= 11 is 0. The van der Waals surface area contributed by atoms with E-state index in [2.05, 4.69) is 20.6 Å². The fourth-order valence-corrected chi connectivity index (χ4v) is 3.25. The van der Waals surface area contributed by atoms with Crippen molar-refractivity contribution in [3.8, 4) is 11.5 Å². The normalized spacial score (nSPS) is 11.2. The first-order valence-electron chi connectivity index (χ1n) is 10.8. The minimum atomic E-state index is -0.253. The van der Waals surface area contributed by atoms with Crippen molar-refractivity contribution < 1.29 is 19.0 Å². The largest absolute Gasteiger partial charge is 0.493 e. The van der Waals surface area contributed by atoms with Gasteiger partial charge < -0.3 is 30.3 Å². The van der Waals surface area contributed by atoms with E-state index in [1.54, 1.807) is 46.3 Å². The van der Waals surface area contributed by atoms with Gasteiger partial charge >= 0.3 is 0 Å². The Hall–Kier alpha value is -3.98. The van der Waals surface area contributed by atoms with Crippen molar-refractivity contribution in [2.45, 2.75) is 20.4 Å². The lowest BCUT2D eigenvalue weighted by Crippen LogP contribution is -2.26. The summed E-state index contributed by atoms with van der Waals surface area (Å²) in [5.41, 5.74) is 3.01. The molecule has 0 unspecified atom stereocenters. The molecule has 1 amide bonds. The predicted molar refractivity (Wildman–Crippen MR) is 132 cm³/mol. The molecule has 0 aliphatic carbocycles. The third-order valence-electron chi connectivity index (χ3n) is 5.08. The zero-order valence-electron chi connectivity index (χ0n) is 19.8. The first-order chi connectivity index (χ1) is 16.5. The third kappa shape index (κ3) is 6.08. The number of ether oxygens (including phenoxy) is 3. The van der Waals surface area contributed by atoms with Gasteiger partial charge in [0.2, 0.25) is 0 Å². The van der Waals surface area contributed by atoms with Gasteiger partial charge in [-0.1, -0.05) is 18.2 Å². The number of amides is 1. The highest BCUT2D eigenvalue weighted by Gasteiger charge is 2.12. The van der Waals surface area contributed by atoms with Gasteiger partial charge in [-0.3, -0.25) is 4.79 Å². The topological polar surface area (TPSA) is 118 Å². The Kier molecular flexibility index (Phi) is 8.53. The van der Waals surface area contributed by atoms with E-state index < -0.39 is 0 Å². The van der Waals surface area contributed by atoms with Crippen LogP contribution in [0.25, 0.3) is 10.9 Å². The summed E-state index contributed by atoms with van der Waals surface area (Å²) in [7, 11) is 3.20. The Morgan fingerprint density at radius 3 is 2.50 bits per heavy atom.